The number of phenolic OH excluding ortho intramolecular Hbond substituents is 1. The van der Waals surface area contributed by atoms with Gasteiger partial charge in [-0.05, 0) is 48.9 Å². The third kappa shape index (κ3) is 3.31. The molecule has 6 heterocycles. The molecule has 0 aromatic heterocycles. The van der Waals surface area contributed by atoms with E-state index in [1.54, 1.807) is 0 Å². The quantitative estimate of drug-likeness (QED) is 0.236. The summed E-state index contributed by atoms with van der Waals surface area (Å²) < 4.78 is 10.9. The van der Waals surface area contributed by atoms with Crippen LogP contribution in [-0.4, -0.2) is 78.7 Å². The van der Waals surface area contributed by atoms with Gasteiger partial charge in [0, 0.05) is 76.7 Å². The van der Waals surface area contributed by atoms with Crippen molar-refractivity contribution in [2.75, 3.05) is 44.5 Å². The molecule has 262 valence electrons. The van der Waals surface area contributed by atoms with Gasteiger partial charge in [0.05, 0.1) is 31.2 Å². The molecule has 2 aromatic rings. The molecule has 1 saturated carbocycles. The van der Waals surface area contributed by atoms with Gasteiger partial charge in [-0.25, -0.2) is 4.79 Å². The molecular weight excluding hydrogens is 644 g/mol. The van der Waals surface area contributed by atoms with Crippen LogP contribution in [0.3, 0.4) is 0 Å². The minimum absolute atomic E-state index is 0.127. The van der Waals surface area contributed by atoms with Gasteiger partial charge in [-0.2, -0.15) is 0 Å². The first kappa shape index (κ1) is 31.1. The number of hydrogen-bond acceptors (Lipinski definition) is 9. The molecule has 3 fully saturated rings. The summed E-state index contributed by atoms with van der Waals surface area (Å²) in [4.78, 5) is 46.8. The fourth-order valence-electron chi connectivity index (χ4n) is 12.8. The molecule has 10 rings (SSSR count). The number of nitrogens with one attached hydrogen (secondary N) is 2. The number of carbonyl (C=O) groups is 3. The molecule has 51 heavy (non-hydrogen) atoms. The Hall–Kier alpha value is -4.67. The van der Waals surface area contributed by atoms with E-state index >= 15 is 0 Å². The molecule has 0 radical (unpaired) electrons. The number of phenols is 1. The highest BCUT2D eigenvalue weighted by atomic mass is 16.5. The van der Waals surface area contributed by atoms with Gasteiger partial charge >= 0.3 is 11.9 Å². The summed E-state index contributed by atoms with van der Waals surface area (Å²) >= 11 is 0. The predicted octanol–water partition coefficient (Wildman–Crippen LogP) is 4.85. The Morgan fingerprint density at radius 1 is 1.02 bits per heavy atom. The highest BCUT2D eigenvalue weighted by molar-refractivity contribution is 6.14. The summed E-state index contributed by atoms with van der Waals surface area (Å²) in [5.41, 5.74) is 2.04. The van der Waals surface area contributed by atoms with Crippen LogP contribution < -0.4 is 10.6 Å². The minimum Gasteiger partial charge on any atom is -0.508 e. The summed E-state index contributed by atoms with van der Waals surface area (Å²) in [5.74, 6) is -1.04. The predicted molar refractivity (Wildman–Crippen MR) is 190 cm³/mol. The highest BCUT2D eigenvalue weighted by Crippen LogP contribution is 2.73. The van der Waals surface area contributed by atoms with Crippen molar-refractivity contribution in [3.05, 3.63) is 101 Å². The zero-order valence-corrected chi connectivity index (χ0v) is 29.1. The number of para-hydroxylation sites is 1. The number of rotatable bonds is 4. The van der Waals surface area contributed by atoms with Crippen molar-refractivity contribution in [1.82, 2.24) is 9.80 Å². The maximum atomic E-state index is 14.3. The summed E-state index contributed by atoms with van der Waals surface area (Å²) in [6, 6.07) is 11.3. The number of aromatic hydroxyl groups is 1. The lowest BCUT2D eigenvalue weighted by molar-refractivity contribution is -0.162. The van der Waals surface area contributed by atoms with Crippen molar-refractivity contribution in [3.63, 3.8) is 0 Å². The molecule has 8 aliphatic rings. The van der Waals surface area contributed by atoms with Crippen molar-refractivity contribution in [1.29, 1.82) is 0 Å². The van der Waals surface area contributed by atoms with Crippen LogP contribution in [-0.2, 0) is 34.7 Å². The standard InChI is InChI=1S/C41H42N4O6/c1-5-38-13-11-29(45-18-15-40(34(38)45)25-9-6-7-10-27(25)43-35(48)41(40,22-38)36(49)51-4)23-19-26-28(20-30(23)46)42-31-24(32(47)50-3)21-37(2)12-8-16-44-17-14-39(26,31)33(37)44/h5-13,19-20,29,33-34,42,46H,1,14-18,21-22H2,2-4H3,(H,43,48)/t29-,33?,34?,37-,38+,39?,40?,41-/m0/s1. The number of carbonyl (C=O) groups excluding carboxylic acids is 3. The Morgan fingerprint density at radius 3 is 2.63 bits per heavy atom. The highest BCUT2D eigenvalue weighted by Gasteiger charge is 2.80. The molecule has 10 nitrogen and oxygen atoms in total. The van der Waals surface area contributed by atoms with Crippen LogP contribution in [0.5, 0.6) is 5.75 Å². The van der Waals surface area contributed by atoms with Gasteiger partial charge in [0.1, 0.15) is 5.75 Å². The molecule has 2 saturated heterocycles. The molecule has 2 spiro atoms. The number of esters is 2. The average molecular weight is 687 g/mol. The summed E-state index contributed by atoms with van der Waals surface area (Å²) in [6.45, 7) is 8.88. The van der Waals surface area contributed by atoms with Crippen LogP contribution in [0.15, 0.2) is 84.6 Å². The van der Waals surface area contributed by atoms with Gasteiger partial charge in [-0.15, -0.1) is 6.58 Å². The van der Waals surface area contributed by atoms with E-state index in [0.717, 1.165) is 47.6 Å². The van der Waals surface area contributed by atoms with Gasteiger partial charge in [0.15, 0.2) is 5.41 Å². The van der Waals surface area contributed by atoms with Crippen LogP contribution in [0.2, 0.25) is 0 Å². The second-order valence-electron chi connectivity index (χ2n) is 16.2. The fourth-order valence-corrected chi connectivity index (χ4v) is 12.8. The second-order valence-corrected chi connectivity index (χ2v) is 16.2. The number of hydrogen-bond donors (Lipinski definition) is 3. The lowest BCUT2D eigenvalue weighted by Crippen LogP contribution is -2.61. The third-order valence-electron chi connectivity index (χ3n) is 14.4. The van der Waals surface area contributed by atoms with E-state index in [-0.39, 0.29) is 47.6 Å². The van der Waals surface area contributed by atoms with E-state index in [0.29, 0.717) is 30.6 Å². The van der Waals surface area contributed by atoms with Gasteiger partial charge < -0.3 is 25.2 Å². The summed E-state index contributed by atoms with van der Waals surface area (Å²) in [6.07, 6.45) is 12.9. The van der Waals surface area contributed by atoms with Gasteiger partial charge in [-0.1, -0.05) is 55.5 Å². The van der Waals surface area contributed by atoms with Gasteiger partial charge in [0.25, 0.3) is 0 Å². The fraction of sp³-hybridized carbons (Fsp3) is 0.439. The van der Waals surface area contributed by atoms with Crippen molar-refractivity contribution in [2.45, 2.75) is 61.6 Å². The number of ether oxygens (including phenoxy) is 2. The number of benzene rings is 2. The van der Waals surface area contributed by atoms with Crippen LogP contribution >= 0.6 is 0 Å². The summed E-state index contributed by atoms with van der Waals surface area (Å²) in [5, 5.41) is 18.6. The molecule has 2 aliphatic carbocycles. The van der Waals surface area contributed by atoms with E-state index in [1.165, 1.54) is 14.2 Å². The Morgan fingerprint density at radius 2 is 1.84 bits per heavy atom. The number of anilines is 2. The smallest absolute Gasteiger partial charge is 0.335 e. The molecule has 6 aliphatic heterocycles. The Labute approximate surface area is 296 Å². The molecule has 2 aromatic carbocycles. The number of methoxy groups -OCH3 is 2. The SMILES string of the molecule is C=C[C@@]12C=C[C@@H](c3cc4c(cc3O)NC3=C(C(=O)OC)C[C@]5(C)C=CCN6CCC34C65)N3CCC4(c5ccccc5NC(=O)[C@]4(C(=O)OC)C1)C32. The Bertz CT molecular complexity index is 2110. The lowest BCUT2D eigenvalue weighted by Gasteiger charge is -2.52. The topological polar surface area (TPSA) is 120 Å². The van der Waals surface area contributed by atoms with E-state index in [2.05, 4.69) is 64.3 Å². The number of amides is 1. The van der Waals surface area contributed by atoms with Crippen molar-refractivity contribution in [3.8, 4) is 5.75 Å². The van der Waals surface area contributed by atoms with Crippen molar-refractivity contribution in [2.24, 2.45) is 16.2 Å². The van der Waals surface area contributed by atoms with Crippen molar-refractivity contribution < 1.29 is 29.0 Å². The first-order valence-corrected chi connectivity index (χ1v) is 18.0. The molecule has 8 atom stereocenters. The van der Waals surface area contributed by atoms with Crippen molar-refractivity contribution >= 4 is 29.2 Å². The third-order valence-corrected chi connectivity index (χ3v) is 14.4. The average Bonchev–Trinajstić information content (AvgIpc) is 3.88. The van der Waals surface area contributed by atoms with E-state index < -0.39 is 27.6 Å². The Balaban J connectivity index is 1.16. The van der Waals surface area contributed by atoms with E-state index in [4.69, 9.17) is 9.47 Å². The number of fused-ring (bicyclic) bond motifs is 2. The monoisotopic (exact) mass is 686 g/mol. The zero-order chi connectivity index (χ0) is 35.3. The molecule has 4 unspecified atom stereocenters. The van der Waals surface area contributed by atoms with Crippen LogP contribution in [0.4, 0.5) is 11.4 Å². The Kier molecular flexibility index (Phi) is 5.98. The zero-order valence-electron chi connectivity index (χ0n) is 29.1. The maximum Gasteiger partial charge on any atom is 0.335 e. The first-order valence-electron chi connectivity index (χ1n) is 18.0. The van der Waals surface area contributed by atoms with Crippen LogP contribution in [0.1, 0.15) is 55.3 Å². The van der Waals surface area contributed by atoms with Crippen LogP contribution in [0.25, 0.3) is 0 Å². The lowest BCUT2D eigenvalue weighted by atomic mass is 9.56. The largest absolute Gasteiger partial charge is 0.508 e. The maximum absolute atomic E-state index is 14.3. The molecule has 10 heteroatoms. The number of nitrogens with zero attached hydrogens (tertiary/aromatic N) is 2. The molecule has 1 amide bonds. The molecular formula is C41H42N4O6. The van der Waals surface area contributed by atoms with E-state index in [9.17, 15) is 19.5 Å². The first-order chi connectivity index (χ1) is 24.5. The van der Waals surface area contributed by atoms with E-state index in [1.807, 2.05) is 36.4 Å². The normalized spacial score (nSPS) is 39.2. The summed E-state index contributed by atoms with van der Waals surface area (Å²) in [7, 11) is 2.80. The van der Waals surface area contributed by atoms with Gasteiger partial charge in [-0.3, -0.25) is 19.4 Å². The van der Waals surface area contributed by atoms with Crippen LogP contribution in [0, 0.1) is 16.2 Å². The van der Waals surface area contributed by atoms with Gasteiger partial charge in [0.2, 0.25) is 5.91 Å². The second kappa shape index (κ2) is 9.80. The minimum atomic E-state index is -1.47. The molecule has 3 N–H and O–H groups in total. The molecule has 0 bridgehead atoms.